The lowest BCUT2D eigenvalue weighted by molar-refractivity contribution is 0.282. The van der Waals surface area contributed by atoms with Crippen molar-refractivity contribution in [2.45, 2.75) is 13.2 Å². The Balaban J connectivity index is 1.50. The molecule has 4 aromatic rings. The van der Waals surface area contributed by atoms with Gasteiger partial charge in [0.25, 0.3) is 0 Å². The van der Waals surface area contributed by atoms with Crippen LogP contribution >= 0.6 is 0 Å². The Morgan fingerprint density at radius 3 is 2.41 bits per heavy atom. The maximum Gasteiger partial charge on any atom is 0.161 e. The van der Waals surface area contributed by atoms with Crippen molar-refractivity contribution in [2.75, 3.05) is 14.2 Å². The summed E-state index contributed by atoms with van der Waals surface area (Å²) in [6.45, 7) is 0.420. The zero-order chi connectivity index (χ0) is 20.2. The van der Waals surface area contributed by atoms with Crippen molar-refractivity contribution in [3.63, 3.8) is 0 Å². The molecule has 0 aliphatic rings. The summed E-state index contributed by atoms with van der Waals surface area (Å²) in [5, 5.41) is 21.6. The summed E-state index contributed by atoms with van der Waals surface area (Å²) in [7, 11) is 3.19. The van der Waals surface area contributed by atoms with E-state index in [0.717, 1.165) is 22.4 Å². The van der Waals surface area contributed by atoms with Gasteiger partial charge in [0, 0.05) is 17.2 Å². The maximum atomic E-state index is 9.15. The minimum absolute atomic E-state index is 0.0147. The average molecular weight is 392 g/mol. The van der Waals surface area contributed by atoms with Crippen molar-refractivity contribution < 1.29 is 19.1 Å². The zero-order valence-electron chi connectivity index (χ0n) is 16.1. The number of aliphatic hydroxyl groups excluding tert-OH is 1. The van der Waals surface area contributed by atoms with Gasteiger partial charge in [0.2, 0.25) is 0 Å². The van der Waals surface area contributed by atoms with Gasteiger partial charge in [-0.2, -0.15) is 0 Å². The Morgan fingerprint density at radius 1 is 0.931 bits per heavy atom. The van der Waals surface area contributed by atoms with E-state index in [1.165, 1.54) is 0 Å². The van der Waals surface area contributed by atoms with Crippen LogP contribution in [0.5, 0.6) is 11.5 Å². The van der Waals surface area contributed by atoms with Crippen molar-refractivity contribution in [1.82, 2.24) is 20.2 Å². The van der Waals surface area contributed by atoms with Crippen LogP contribution in [0.15, 0.2) is 59.3 Å². The highest BCUT2D eigenvalue weighted by molar-refractivity contribution is 5.64. The van der Waals surface area contributed by atoms with Gasteiger partial charge in [0.15, 0.2) is 17.3 Å². The third kappa shape index (κ3) is 3.97. The molecule has 8 heteroatoms. The first-order valence-corrected chi connectivity index (χ1v) is 8.98. The molecule has 8 nitrogen and oxygen atoms in total. The molecule has 1 N–H and O–H groups in total. The molecule has 0 aliphatic carbocycles. The van der Waals surface area contributed by atoms with Crippen LogP contribution in [-0.4, -0.2) is 39.5 Å². The highest BCUT2D eigenvalue weighted by Gasteiger charge is 2.12. The van der Waals surface area contributed by atoms with Crippen LogP contribution in [0.1, 0.15) is 11.3 Å². The van der Waals surface area contributed by atoms with Gasteiger partial charge in [0.1, 0.15) is 17.9 Å². The molecule has 4 rings (SSSR count). The van der Waals surface area contributed by atoms with Crippen molar-refractivity contribution in [3.8, 4) is 34.0 Å². The van der Waals surface area contributed by atoms with Crippen LogP contribution in [-0.2, 0) is 13.2 Å². The third-order valence-electron chi connectivity index (χ3n) is 4.53. The second-order valence-corrected chi connectivity index (χ2v) is 6.40. The van der Waals surface area contributed by atoms with Crippen LogP contribution in [0.4, 0.5) is 0 Å². The van der Waals surface area contributed by atoms with Crippen LogP contribution in [0.3, 0.4) is 0 Å². The van der Waals surface area contributed by atoms with E-state index in [1.807, 2.05) is 54.7 Å². The van der Waals surface area contributed by atoms with Crippen molar-refractivity contribution in [1.29, 1.82) is 0 Å². The molecular weight excluding hydrogens is 372 g/mol. The zero-order valence-corrected chi connectivity index (χ0v) is 16.1. The van der Waals surface area contributed by atoms with Gasteiger partial charge < -0.3 is 19.1 Å². The Hall–Kier alpha value is -3.65. The van der Waals surface area contributed by atoms with Crippen molar-refractivity contribution in [3.05, 3.63) is 66.1 Å². The molecule has 0 saturated carbocycles. The largest absolute Gasteiger partial charge is 0.493 e. The number of methoxy groups -OCH3 is 2. The van der Waals surface area contributed by atoms with E-state index in [2.05, 4.69) is 15.5 Å². The van der Waals surface area contributed by atoms with Gasteiger partial charge in [-0.05, 0) is 23.8 Å². The quantitative estimate of drug-likeness (QED) is 0.516. The van der Waals surface area contributed by atoms with Gasteiger partial charge in [-0.3, -0.25) is 0 Å². The van der Waals surface area contributed by atoms with E-state index < -0.39 is 0 Å². The van der Waals surface area contributed by atoms with Crippen LogP contribution in [0, 0.1) is 0 Å². The van der Waals surface area contributed by atoms with E-state index in [-0.39, 0.29) is 6.61 Å². The monoisotopic (exact) mass is 392 g/mol. The molecule has 0 fully saturated rings. The number of rotatable bonds is 7. The molecule has 0 spiro atoms. The number of benzene rings is 2. The first kappa shape index (κ1) is 18.7. The highest BCUT2D eigenvalue weighted by Crippen LogP contribution is 2.32. The molecule has 0 atom stereocenters. The molecular formula is C21H20N4O4. The average Bonchev–Trinajstić information content (AvgIpc) is 3.43. The summed E-state index contributed by atoms with van der Waals surface area (Å²) in [6, 6.07) is 15.0. The van der Waals surface area contributed by atoms with E-state index in [4.69, 9.17) is 19.1 Å². The summed E-state index contributed by atoms with van der Waals surface area (Å²) in [5.74, 6) is 1.94. The fraction of sp³-hybridized carbons (Fsp3) is 0.190. The molecule has 0 radical (unpaired) electrons. The van der Waals surface area contributed by atoms with Crippen molar-refractivity contribution >= 4 is 0 Å². The first-order chi connectivity index (χ1) is 14.2. The highest BCUT2D eigenvalue weighted by atomic mass is 16.5. The first-order valence-electron chi connectivity index (χ1n) is 8.98. The molecule has 29 heavy (non-hydrogen) atoms. The minimum atomic E-state index is 0.0147. The predicted octanol–water partition coefficient (Wildman–Crippen LogP) is 3.16. The smallest absolute Gasteiger partial charge is 0.161 e. The van der Waals surface area contributed by atoms with Gasteiger partial charge in [-0.25, -0.2) is 4.68 Å². The van der Waals surface area contributed by atoms with Gasteiger partial charge in [-0.15, -0.1) is 5.10 Å². The van der Waals surface area contributed by atoms with Crippen LogP contribution in [0.25, 0.3) is 22.5 Å². The number of ether oxygens (including phenoxy) is 2. The normalized spacial score (nSPS) is 10.9. The minimum Gasteiger partial charge on any atom is -0.493 e. The topological polar surface area (TPSA) is 95.4 Å². The molecule has 2 aromatic heterocycles. The summed E-state index contributed by atoms with van der Waals surface area (Å²) in [4.78, 5) is 0. The molecule has 0 bridgehead atoms. The van der Waals surface area contributed by atoms with Crippen LogP contribution < -0.4 is 9.47 Å². The number of hydrogen-bond acceptors (Lipinski definition) is 7. The fourth-order valence-corrected chi connectivity index (χ4v) is 2.97. The Kier molecular flexibility index (Phi) is 5.26. The SMILES string of the molecule is COc1ccc(-c2cc(Cn3cc(-c4ccc(CO)cc4)nn3)on2)cc1OC. The van der Waals surface area contributed by atoms with Crippen LogP contribution in [0.2, 0.25) is 0 Å². The van der Waals surface area contributed by atoms with Gasteiger partial charge >= 0.3 is 0 Å². The molecule has 0 aliphatic heterocycles. The summed E-state index contributed by atoms with van der Waals surface area (Å²) >= 11 is 0. The molecule has 148 valence electrons. The van der Waals surface area contributed by atoms with E-state index >= 15 is 0 Å². The molecule has 2 heterocycles. The van der Waals surface area contributed by atoms with Gasteiger partial charge in [-0.1, -0.05) is 34.6 Å². The molecule has 2 aromatic carbocycles. The number of hydrogen-bond donors (Lipinski definition) is 1. The van der Waals surface area contributed by atoms with Crippen molar-refractivity contribution in [2.24, 2.45) is 0 Å². The number of nitrogens with zero attached hydrogens (tertiary/aromatic N) is 4. The van der Waals surface area contributed by atoms with E-state index in [1.54, 1.807) is 18.9 Å². The lowest BCUT2D eigenvalue weighted by Crippen LogP contribution is -1.98. The standard InChI is InChI=1S/C21H20N4O4/c1-27-20-8-7-16(9-21(20)28-2)18-10-17(29-23-18)11-25-12-19(22-24-25)15-5-3-14(13-26)4-6-15/h3-10,12,26H,11,13H2,1-2H3. The molecule has 0 amide bonds. The summed E-state index contributed by atoms with van der Waals surface area (Å²) in [5.41, 5.74) is 4.08. The van der Waals surface area contributed by atoms with Gasteiger partial charge in [0.05, 0.1) is 27.0 Å². The molecule has 0 unspecified atom stereocenters. The Labute approximate surface area is 167 Å². The summed E-state index contributed by atoms with van der Waals surface area (Å²) < 4.78 is 17.8. The Bertz CT molecular complexity index is 1100. The number of aliphatic hydroxyl groups is 1. The van der Waals surface area contributed by atoms with E-state index in [9.17, 15) is 0 Å². The Morgan fingerprint density at radius 2 is 1.69 bits per heavy atom. The lowest BCUT2D eigenvalue weighted by atomic mass is 10.1. The number of aromatic nitrogens is 4. The van der Waals surface area contributed by atoms with E-state index in [0.29, 0.717) is 29.5 Å². The second kappa shape index (κ2) is 8.15. The molecule has 0 saturated heterocycles. The maximum absolute atomic E-state index is 9.15. The fourth-order valence-electron chi connectivity index (χ4n) is 2.97. The third-order valence-corrected chi connectivity index (χ3v) is 4.53. The predicted molar refractivity (Wildman–Crippen MR) is 106 cm³/mol. The summed E-state index contributed by atoms with van der Waals surface area (Å²) in [6.07, 6.45) is 1.84. The lowest BCUT2D eigenvalue weighted by Gasteiger charge is -2.07. The second-order valence-electron chi connectivity index (χ2n) is 6.40.